The lowest BCUT2D eigenvalue weighted by Crippen LogP contribution is -1.94. The average Bonchev–Trinajstić information content (AvgIpc) is 3.26. The van der Waals surface area contributed by atoms with Crippen LogP contribution in [0.5, 0.6) is 0 Å². The number of anilines is 1. The molecule has 2 aromatic heterocycles. The third kappa shape index (κ3) is 3.55. The summed E-state index contributed by atoms with van der Waals surface area (Å²) in [6, 6.07) is 11.1. The highest BCUT2D eigenvalue weighted by Gasteiger charge is 2.10. The van der Waals surface area contributed by atoms with E-state index in [1.165, 1.54) is 46.8 Å². The summed E-state index contributed by atoms with van der Waals surface area (Å²) in [6.45, 7) is 0. The number of thiazole rings is 2. The summed E-state index contributed by atoms with van der Waals surface area (Å²) < 4.78 is 18.0. The van der Waals surface area contributed by atoms with E-state index in [1.54, 1.807) is 36.5 Å². The first kappa shape index (κ1) is 17.0. The maximum atomic E-state index is 13.0. The Balaban J connectivity index is 1.48. The number of carbonyl (C=O) groups is 1. The normalized spacial score (nSPS) is 11.0. The maximum absolute atomic E-state index is 13.0. The first-order valence-electron chi connectivity index (χ1n) is 7.37. The summed E-state index contributed by atoms with van der Waals surface area (Å²) in [5.41, 5.74) is 1.73. The van der Waals surface area contributed by atoms with Crippen LogP contribution in [-0.4, -0.2) is 21.0 Å². The third-order valence-corrected chi connectivity index (χ3v) is 6.47. The van der Waals surface area contributed by atoms with Gasteiger partial charge in [-0.15, -0.1) is 11.3 Å². The first-order chi connectivity index (χ1) is 12.6. The molecule has 0 saturated heterocycles. The van der Waals surface area contributed by atoms with E-state index < -0.39 is 5.97 Å². The maximum Gasteiger partial charge on any atom is 0.335 e. The van der Waals surface area contributed by atoms with E-state index in [1.807, 2.05) is 0 Å². The minimum atomic E-state index is -0.971. The van der Waals surface area contributed by atoms with Gasteiger partial charge in [-0.3, -0.25) is 0 Å². The Morgan fingerprint density at radius 2 is 1.96 bits per heavy atom. The molecule has 2 N–H and O–H groups in total. The van der Waals surface area contributed by atoms with Crippen LogP contribution >= 0.6 is 34.6 Å². The molecule has 0 aliphatic carbocycles. The number of carboxylic acids is 1. The van der Waals surface area contributed by atoms with E-state index in [0.29, 0.717) is 10.6 Å². The van der Waals surface area contributed by atoms with Crippen molar-refractivity contribution in [1.82, 2.24) is 9.97 Å². The monoisotopic (exact) mass is 403 g/mol. The van der Waals surface area contributed by atoms with Gasteiger partial charge in [0.05, 0.1) is 22.0 Å². The standard InChI is InChI=1S/C17H10FN3O2S3/c18-11-4-1-9(2-5-11)15-19-8-14(25-15)26-21-17-20-12-7-10(16(22)23)3-6-13(12)24-17/h1-8H,(H,20,21)(H,22,23). The zero-order valence-corrected chi connectivity index (χ0v) is 15.4. The zero-order chi connectivity index (χ0) is 18.1. The Morgan fingerprint density at radius 3 is 2.73 bits per heavy atom. The smallest absolute Gasteiger partial charge is 0.335 e. The SMILES string of the molecule is O=C(O)c1ccc2sc(NSc3cnc(-c4ccc(F)cc4)s3)nc2c1. The lowest BCUT2D eigenvalue weighted by Gasteiger charge is -1.97. The van der Waals surface area contributed by atoms with Crippen molar-refractivity contribution >= 4 is 55.9 Å². The number of aromatic carboxylic acids is 1. The van der Waals surface area contributed by atoms with Crippen molar-refractivity contribution in [2.45, 2.75) is 4.21 Å². The Bertz CT molecular complexity index is 1090. The van der Waals surface area contributed by atoms with Gasteiger partial charge in [-0.25, -0.2) is 19.2 Å². The van der Waals surface area contributed by atoms with Crippen molar-refractivity contribution in [3.63, 3.8) is 0 Å². The summed E-state index contributed by atoms with van der Waals surface area (Å²) in [7, 11) is 0. The molecule has 2 aromatic carbocycles. The molecule has 0 saturated carbocycles. The van der Waals surface area contributed by atoms with E-state index in [0.717, 1.165) is 19.5 Å². The molecule has 26 heavy (non-hydrogen) atoms. The second-order valence-electron chi connectivity index (χ2n) is 5.20. The number of hydrogen-bond acceptors (Lipinski definition) is 7. The number of benzene rings is 2. The molecule has 5 nitrogen and oxygen atoms in total. The van der Waals surface area contributed by atoms with Crippen molar-refractivity contribution in [3.05, 3.63) is 60.0 Å². The van der Waals surface area contributed by atoms with Gasteiger partial charge in [0, 0.05) is 5.56 Å². The second kappa shape index (κ2) is 7.02. The van der Waals surface area contributed by atoms with Gasteiger partial charge in [-0.1, -0.05) is 11.3 Å². The molecule has 0 bridgehead atoms. The van der Waals surface area contributed by atoms with Gasteiger partial charge >= 0.3 is 5.97 Å². The van der Waals surface area contributed by atoms with E-state index in [2.05, 4.69) is 14.7 Å². The van der Waals surface area contributed by atoms with Crippen molar-refractivity contribution in [1.29, 1.82) is 0 Å². The Morgan fingerprint density at radius 1 is 1.15 bits per heavy atom. The summed E-state index contributed by atoms with van der Waals surface area (Å²) >= 11 is 4.32. The molecule has 0 aliphatic rings. The second-order valence-corrected chi connectivity index (χ2v) is 8.37. The number of carboxylic acid groups (broad SMARTS) is 1. The van der Waals surface area contributed by atoms with Gasteiger partial charge in [0.1, 0.15) is 15.0 Å². The highest BCUT2D eigenvalue weighted by atomic mass is 32.2. The summed E-state index contributed by atoms with van der Waals surface area (Å²) in [5.74, 6) is -1.25. The van der Waals surface area contributed by atoms with Gasteiger partial charge in [-0.2, -0.15) is 0 Å². The van der Waals surface area contributed by atoms with Crippen LogP contribution in [0.4, 0.5) is 9.52 Å². The summed E-state index contributed by atoms with van der Waals surface area (Å²) in [5, 5.41) is 10.5. The van der Waals surface area contributed by atoms with Crippen molar-refractivity contribution in [3.8, 4) is 10.6 Å². The Kier molecular flexibility index (Phi) is 4.58. The van der Waals surface area contributed by atoms with Gasteiger partial charge in [-0.05, 0) is 54.4 Å². The molecule has 0 unspecified atom stereocenters. The highest BCUT2D eigenvalue weighted by Crippen LogP contribution is 2.34. The average molecular weight is 403 g/mol. The third-order valence-electron chi connectivity index (χ3n) is 3.45. The fraction of sp³-hybridized carbons (Fsp3) is 0. The minimum absolute atomic E-state index is 0.216. The van der Waals surface area contributed by atoms with E-state index in [4.69, 9.17) is 5.11 Å². The number of hydrogen-bond donors (Lipinski definition) is 2. The molecule has 0 aliphatic heterocycles. The Labute approximate surface area is 159 Å². The zero-order valence-electron chi connectivity index (χ0n) is 13.0. The number of halogens is 1. The molecule has 0 atom stereocenters. The molecule has 0 fully saturated rings. The minimum Gasteiger partial charge on any atom is -0.478 e. The Hall–Kier alpha value is -2.49. The molecule has 9 heteroatoms. The van der Waals surface area contributed by atoms with Crippen molar-refractivity contribution < 1.29 is 14.3 Å². The van der Waals surface area contributed by atoms with Gasteiger partial charge in [0.15, 0.2) is 5.13 Å². The molecule has 0 radical (unpaired) electrons. The van der Waals surface area contributed by atoms with Gasteiger partial charge in [0.2, 0.25) is 0 Å². The van der Waals surface area contributed by atoms with Crippen LogP contribution < -0.4 is 4.72 Å². The summed E-state index contributed by atoms with van der Waals surface area (Å²) in [4.78, 5) is 19.8. The van der Waals surface area contributed by atoms with Crippen LogP contribution in [-0.2, 0) is 0 Å². The summed E-state index contributed by atoms with van der Waals surface area (Å²) in [6.07, 6.45) is 1.75. The molecule has 0 amide bonds. The van der Waals surface area contributed by atoms with Crippen LogP contribution in [0.1, 0.15) is 10.4 Å². The van der Waals surface area contributed by atoms with Gasteiger partial charge < -0.3 is 9.83 Å². The van der Waals surface area contributed by atoms with Crippen LogP contribution in [0.2, 0.25) is 0 Å². The molecule has 2 heterocycles. The number of aromatic nitrogens is 2. The number of nitrogens with zero attached hydrogens (tertiary/aromatic N) is 2. The van der Waals surface area contributed by atoms with E-state index in [-0.39, 0.29) is 11.4 Å². The van der Waals surface area contributed by atoms with Crippen LogP contribution in [0.15, 0.2) is 52.9 Å². The van der Waals surface area contributed by atoms with Crippen molar-refractivity contribution in [2.75, 3.05) is 4.72 Å². The van der Waals surface area contributed by atoms with Gasteiger partial charge in [0.25, 0.3) is 0 Å². The van der Waals surface area contributed by atoms with E-state index in [9.17, 15) is 9.18 Å². The molecular formula is C17H10FN3O2S3. The molecule has 4 aromatic rings. The molecule has 0 spiro atoms. The quantitative estimate of drug-likeness (QED) is 0.436. The van der Waals surface area contributed by atoms with Crippen LogP contribution in [0.3, 0.4) is 0 Å². The van der Waals surface area contributed by atoms with Crippen molar-refractivity contribution in [2.24, 2.45) is 0 Å². The predicted octanol–water partition coefficient (Wildman–Crippen LogP) is 5.38. The lowest BCUT2D eigenvalue weighted by atomic mass is 10.2. The van der Waals surface area contributed by atoms with Crippen LogP contribution in [0.25, 0.3) is 20.8 Å². The van der Waals surface area contributed by atoms with Crippen LogP contribution in [0, 0.1) is 5.82 Å². The fourth-order valence-corrected chi connectivity index (χ4v) is 4.74. The largest absolute Gasteiger partial charge is 0.478 e. The predicted molar refractivity (Wildman–Crippen MR) is 104 cm³/mol. The topological polar surface area (TPSA) is 75.1 Å². The van der Waals surface area contributed by atoms with E-state index >= 15 is 0 Å². The molecule has 130 valence electrons. The molecule has 4 rings (SSSR count). The lowest BCUT2D eigenvalue weighted by molar-refractivity contribution is 0.0697. The first-order valence-corrected chi connectivity index (χ1v) is 9.82. The fourth-order valence-electron chi connectivity index (χ4n) is 2.23. The molecular weight excluding hydrogens is 393 g/mol. The highest BCUT2D eigenvalue weighted by molar-refractivity contribution is 8.02. The number of nitrogens with one attached hydrogen (secondary N) is 1. The number of rotatable bonds is 5. The number of fused-ring (bicyclic) bond motifs is 1.